The van der Waals surface area contributed by atoms with Crippen LogP contribution >= 0.6 is 0 Å². The predicted octanol–water partition coefficient (Wildman–Crippen LogP) is 7.55. The van der Waals surface area contributed by atoms with Crippen LogP contribution in [0.15, 0.2) is 103 Å². The highest BCUT2D eigenvalue weighted by Gasteiger charge is 2.33. The van der Waals surface area contributed by atoms with Gasteiger partial charge < -0.3 is 15.2 Å². The first-order valence-corrected chi connectivity index (χ1v) is 17.3. The predicted molar refractivity (Wildman–Crippen MR) is 190 cm³/mol. The maximum atomic E-state index is 13.9. The Morgan fingerprint density at radius 2 is 1.36 bits per heavy atom. The van der Waals surface area contributed by atoms with Gasteiger partial charge in [0.1, 0.15) is 12.4 Å². The van der Waals surface area contributed by atoms with Gasteiger partial charge in [0.2, 0.25) is 5.91 Å². The first-order valence-electron chi connectivity index (χ1n) is 17.3. The molecule has 0 fully saturated rings. The molecule has 0 unspecified atom stereocenters. The Kier molecular flexibility index (Phi) is 12.3. The highest BCUT2D eigenvalue weighted by molar-refractivity contribution is 5.93. The van der Waals surface area contributed by atoms with E-state index in [2.05, 4.69) is 17.4 Å². The molecule has 5 rings (SSSR count). The summed E-state index contributed by atoms with van der Waals surface area (Å²) in [5, 5.41) is 12.8. The van der Waals surface area contributed by atoms with Gasteiger partial charge in [0.05, 0.1) is 18.4 Å². The van der Waals surface area contributed by atoms with E-state index in [1.807, 2.05) is 80.6 Å². The van der Waals surface area contributed by atoms with Gasteiger partial charge in [-0.05, 0) is 77.1 Å². The fourth-order valence-electron chi connectivity index (χ4n) is 6.76. The number of hydrogen-bond donors (Lipinski definition) is 2. The van der Waals surface area contributed by atoms with Gasteiger partial charge in [-0.25, -0.2) is 4.39 Å². The van der Waals surface area contributed by atoms with E-state index < -0.39 is 47.3 Å². The minimum absolute atomic E-state index is 0.0227. The van der Waals surface area contributed by atoms with Crippen molar-refractivity contribution in [3.05, 3.63) is 131 Å². The van der Waals surface area contributed by atoms with Crippen LogP contribution in [0.25, 0.3) is 11.1 Å². The van der Waals surface area contributed by atoms with Crippen molar-refractivity contribution >= 4 is 23.6 Å². The fraction of sp³-hybridized carbons (Fsp3) is 0.333. The minimum atomic E-state index is -1.15. The summed E-state index contributed by atoms with van der Waals surface area (Å²) in [6.07, 6.45) is 0.780. The summed E-state index contributed by atoms with van der Waals surface area (Å²) in [6, 6.07) is 30.4. The average molecular weight is 678 g/mol. The topological polar surface area (TPSA) is 110 Å². The summed E-state index contributed by atoms with van der Waals surface area (Å²) in [5.41, 5.74) is 6.03. The lowest BCUT2D eigenvalue weighted by molar-refractivity contribution is -0.147. The van der Waals surface area contributed by atoms with Gasteiger partial charge in [-0.1, -0.05) is 105 Å². The van der Waals surface area contributed by atoms with E-state index in [0.29, 0.717) is 24.8 Å². The lowest BCUT2D eigenvalue weighted by atomic mass is 9.89. The highest BCUT2D eigenvalue weighted by atomic mass is 19.1. The van der Waals surface area contributed by atoms with Gasteiger partial charge >= 0.3 is 11.9 Å². The zero-order chi connectivity index (χ0) is 35.6. The first-order chi connectivity index (χ1) is 24.1. The second-order valence-electron chi connectivity index (χ2n) is 13.6. The van der Waals surface area contributed by atoms with Crippen LogP contribution < -0.4 is 5.32 Å². The van der Waals surface area contributed by atoms with Crippen molar-refractivity contribution in [2.24, 2.45) is 17.8 Å². The third kappa shape index (κ3) is 9.53. The molecule has 2 N–H and O–H groups in total. The fourth-order valence-corrected chi connectivity index (χ4v) is 6.76. The molecule has 0 aromatic heterocycles. The molecule has 0 saturated heterocycles. The number of fused-ring (bicyclic) bond motifs is 3. The van der Waals surface area contributed by atoms with Crippen molar-refractivity contribution in [3.8, 4) is 11.1 Å². The number of rotatable bonds is 17. The Bertz CT molecular complexity index is 1740. The Hall–Kier alpha value is -5.11. The molecule has 4 aromatic rings. The van der Waals surface area contributed by atoms with Crippen LogP contribution in [0.2, 0.25) is 0 Å². The number of Topliss-reactive ketones (excluding diaryl/α,β-unsaturated/α-hetero) is 1. The number of carbonyl (C=O) groups excluding carboxylic acids is 3. The van der Waals surface area contributed by atoms with Gasteiger partial charge in [-0.15, -0.1) is 0 Å². The lowest BCUT2D eigenvalue weighted by Crippen LogP contribution is -2.46. The minimum Gasteiger partial charge on any atom is -0.481 e. The number of halogens is 1. The largest absolute Gasteiger partial charge is 0.481 e. The molecule has 1 aliphatic rings. The van der Waals surface area contributed by atoms with Crippen LogP contribution in [0.4, 0.5) is 4.39 Å². The van der Waals surface area contributed by atoms with Crippen molar-refractivity contribution in [3.63, 3.8) is 0 Å². The number of esters is 1. The van der Waals surface area contributed by atoms with Crippen LogP contribution in [0, 0.1) is 23.6 Å². The van der Waals surface area contributed by atoms with E-state index in [-0.39, 0.29) is 37.7 Å². The van der Waals surface area contributed by atoms with Crippen LogP contribution in [-0.4, -0.2) is 41.4 Å². The third-order valence-corrected chi connectivity index (χ3v) is 9.39. The summed E-state index contributed by atoms with van der Waals surface area (Å²) in [5.74, 6) is -4.84. The standard InChI is InChI=1S/C42H44FNO6/c1-27(2)22-38(39(45)24-31(42(48)49)23-29-17-20-32(43)21-18-29)44-41(47)30(19-16-28-10-4-3-5-11-28)25-40(46)50-26-37-35-14-8-6-12-33(35)34-13-7-9-15-36(34)37/h3-15,17-18,20-21,27,30-31,37-38H,16,19,22-26H2,1-2H3,(H,44,47)(H,48,49)/t30-,31-,38+/m1/s1. The number of nitrogens with one attached hydrogen (secondary N) is 1. The quantitative estimate of drug-likeness (QED) is 0.112. The highest BCUT2D eigenvalue weighted by Crippen LogP contribution is 2.44. The molecule has 0 spiro atoms. The molecule has 8 heteroatoms. The number of hydrogen-bond acceptors (Lipinski definition) is 5. The van der Waals surface area contributed by atoms with Gasteiger partial charge in [-0.3, -0.25) is 19.2 Å². The molecule has 7 nitrogen and oxygen atoms in total. The molecule has 1 aliphatic carbocycles. The molecule has 0 bridgehead atoms. The number of aliphatic carboxylic acids is 1. The Morgan fingerprint density at radius 3 is 1.96 bits per heavy atom. The summed E-state index contributed by atoms with van der Waals surface area (Å²) in [6.45, 7) is 3.98. The maximum Gasteiger partial charge on any atom is 0.307 e. The maximum absolute atomic E-state index is 13.9. The van der Waals surface area contributed by atoms with E-state index in [9.17, 15) is 28.7 Å². The van der Waals surface area contributed by atoms with E-state index in [1.54, 1.807) is 0 Å². The summed E-state index contributed by atoms with van der Waals surface area (Å²) in [4.78, 5) is 53.1. The monoisotopic (exact) mass is 677 g/mol. The van der Waals surface area contributed by atoms with Crippen LogP contribution in [0.1, 0.15) is 67.7 Å². The Morgan fingerprint density at radius 1 is 0.760 bits per heavy atom. The number of amides is 1. The van der Waals surface area contributed by atoms with E-state index in [4.69, 9.17) is 4.74 Å². The number of ketones is 1. The van der Waals surface area contributed by atoms with E-state index >= 15 is 0 Å². The van der Waals surface area contributed by atoms with E-state index in [0.717, 1.165) is 27.8 Å². The third-order valence-electron chi connectivity index (χ3n) is 9.39. The second-order valence-corrected chi connectivity index (χ2v) is 13.6. The number of benzene rings is 4. The van der Waals surface area contributed by atoms with Crippen molar-refractivity contribution in [2.75, 3.05) is 6.61 Å². The molecule has 0 heterocycles. The number of carboxylic acids is 1. The van der Waals surface area contributed by atoms with Crippen LogP contribution in [-0.2, 0) is 36.8 Å². The van der Waals surface area contributed by atoms with Gasteiger partial charge in [0, 0.05) is 18.3 Å². The molecule has 0 saturated carbocycles. The SMILES string of the molecule is CC(C)C[C@H](NC(=O)[C@H](CCc1ccccc1)CC(=O)OCC1c2ccccc2-c2ccccc21)C(=O)C[C@@H](Cc1ccc(F)cc1)C(=O)O. The average Bonchev–Trinajstić information content (AvgIpc) is 3.43. The molecule has 4 aromatic carbocycles. The molecule has 50 heavy (non-hydrogen) atoms. The smallest absolute Gasteiger partial charge is 0.307 e. The molecular formula is C42H44FNO6. The van der Waals surface area contributed by atoms with Gasteiger partial charge in [-0.2, -0.15) is 0 Å². The first kappa shape index (κ1) is 36.2. The summed E-state index contributed by atoms with van der Waals surface area (Å²) >= 11 is 0. The van der Waals surface area contributed by atoms with Crippen molar-refractivity contribution in [1.29, 1.82) is 0 Å². The lowest BCUT2D eigenvalue weighted by Gasteiger charge is -2.24. The Balaban J connectivity index is 1.28. The van der Waals surface area contributed by atoms with Gasteiger partial charge in [0.15, 0.2) is 5.78 Å². The molecule has 0 aliphatic heterocycles. The molecule has 0 radical (unpaired) electrons. The number of carbonyl (C=O) groups is 4. The van der Waals surface area contributed by atoms with Crippen LogP contribution in [0.3, 0.4) is 0 Å². The van der Waals surface area contributed by atoms with Crippen molar-refractivity contribution in [2.45, 2.75) is 64.3 Å². The number of carboxylic acid groups (broad SMARTS) is 1. The normalized spacial score (nSPS) is 13.9. The number of ether oxygens (including phenoxy) is 1. The summed E-state index contributed by atoms with van der Waals surface area (Å²) < 4.78 is 19.3. The van der Waals surface area contributed by atoms with E-state index in [1.165, 1.54) is 24.3 Å². The molecule has 1 amide bonds. The molecule has 260 valence electrons. The second kappa shape index (κ2) is 17.0. The molecular weight excluding hydrogens is 633 g/mol. The Labute approximate surface area is 292 Å². The zero-order valence-corrected chi connectivity index (χ0v) is 28.5. The van der Waals surface area contributed by atoms with Gasteiger partial charge in [0.25, 0.3) is 0 Å². The summed E-state index contributed by atoms with van der Waals surface area (Å²) in [7, 11) is 0. The molecule has 3 atom stereocenters. The van der Waals surface area contributed by atoms with Crippen molar-refractivity contribution in [1.82, 2.24) is 5.32 Å². The number of aryl methyl sites for hydroxylation is 1. The zero-order valence-electron chi connectivity index (χ0n) is 28.5. The van der Waals surface area contributed by atoms with Crippen molar-refractivity contribution < 1.29 is 33.4 Å². The van der Waals surface area contributed by atoms with Crippen LogP contribution in [0.5, 0.6) is 0 Å².